The number of carbonyl (C=O) groups is 1. The topological polar surface area (TPSA) is 41.1 Å². The maximum Gasteiger partial charge on any atom is 0.220 e. The van der Waals surface area contributed by atoms with Gasteiger partial charge in [-0.3, -0.25) is 4.79 Å². The second kappa shape index (κ2) is 6.55. The molecular weight excluding hydrogens is 224 g/mol. The van der Waals surface area contributed by atoms with Crippen molar-refractivity contribution in [3.05, 3.63) is 0 Å². The summed E-state index contributed by atoms with van der Waals surface area (Å²) in [6, 6.07) is 0. The lowest BCUT2D eigenvalue weighted by Crippen LogP contribution is -2.37. The van der Waals surface area contributed by atoms with E-state index in [2.05, 4.69) is 17.6 Å². The lowest BCUT2D eigenvalue weighted by atomic mass is 9.86. The zero-order chi connectivity index (χ0) is 12.8. The molecule has 0 spiro atoms. The number of nitrogens with one attached hydrogen (secondary N) is 2. The quantitative estimate of drug-likeness (QED) is 0.789. The molecule has 0 bridgehead atoms. The Morgan fingerprint density at radius 2 is 2.11 bits per heavy atom. The van der Waals surface area contributed by atoms with Gasteiger partial charge in [-0.25, -0.2) is 0 Å². The summed E-state index contributed by atoms with van der Waals surface area (Å²) < 4.78 is 0. The fourth-order valence-electron chi connectivity index (χ4n) is 3.23. The van der Waals surface area contributed by atoms with Crippen molar-refractivity contribution in [2.45, 2.75) is 58.3 Å². The first-order valence-electron chi connectivity index (χ1n) is 7.65. The van der Waals surface area contributed by atoms with Crippen LogP contribution in [0.5, 0.6) is 0 Å². The number of rotatable bonds is 5. The summed E-state index contributed by atoms with van der Waals surface area (Å²) in [5.74, 6) is 1.07. The monoisotopic (exact) mass is 252 g/mol. The van der Waals surface area contributed by atoms with Crippen molar-refractivity contribution in [2.24, 2.45) is 11.3 Å². The van der Waals surface area contributed by atoms with Crippen LogP contribution in [0.25, 0.3) is 0 Å². The van der Waals surface area contributed by atoms with E-state index in [1.54, 1.807) is 0 Å². The standard InChI is InChI=1S/C15H28N2O/c1-15(9-10-16-11-15)12-17-14(18)8-7-13-5-3-2-4-6-13/h13,16H,2-12H2,1H3,(H,17,18). The molecule has 1 saturated carbocycles. The summed E-state index contributed by atoms with van der Waals surface area (Å²) in [5, 5.41) is 6.49. The highest BCUT2D eigenvalue weighted by Gasteiger charge is 2.28. The first kappa shape index (κ1) is 13.9. The Labute approximate surface area is 111 Å². The van der Waals surface area contributed by atoms with Gasteiger partial charge in [-0.15, -0.1) is 0 Å². The fourth-order valence-corrected chi connectivity index (χ4v) is 3.23. The second-order valence-electron chi connectivity index (χ2n) is 6.56. The molecule has 1 unspecified atom stereocenters. The summed E-state index contributed by atoms with van der Waals surface area (Å²) in [5.41, 5.74) is 0.278. The molecule has 18 heavy (non-hydrogen) atoms. The van der Waals surface area contributed by atoms with E-state index in [4.69, 9.17) is 0 Å². The van der Waals surface area contributed by atoms with Gasteiger partial charge in [0.2, 0.25) is 5.91 Å². The first-order valence-corrected chi connectivity index (χ1v) is 7.65. The normalized spacial score (nSPS) is 29.4. The molecule has 104 valence electrons. The lowest BCUT2D eigenvalue weighted by Gasteiger charge is -2.24. The Balaban J connectivity index is 1.59. The maximum atomic E-state index is 11.9. The predicted octanol–water partition coefficient (Wildman–Crippen LogP) is 2.46. The van der Waals surface area contributed by atoms with Crippen LogP contribution < -0.4 is 10.6 Å². The summed E-state index contributed by atoms with van der Waals surface area (Å²) in [6.45, 7) is 5.22. The molecular formula is C15H28N2O. The Morgan fingerprint density at radius 1 is 1.33 bits per heavy atom. The molecule has 1 atom stereocenters. The maximum absolute atomic E-state index is 11.9. The molecule has 2 aliphatic rings. The van der Waals surface area contributed by atoms with Gasteiger partial charge in [-0.1, -0.05) is 39.0 Å². The smallest absolute Gasteiger partial charge is 0.220 e. The summed E-state index contributed by atoms with van der Waals surface area (Å²) in [6.07, 6.45) is 9.83. The van der Waals surface area contributed by atoms with Gasteiger partial charge in [0.05, 0.1) is 0 Å². The first-order chi connectivity index (χ1) is 8.68. The molecule has 3 nitrogen and oxygen atoms in total. The Bertz CT molecular complexity index is 266. The highest BCUT2D eigenvalue weighted by atomic mass is 16.1. The molecule has 1 saturated heterocycles. The summed E-state index contributed by atoms with van der Waals surface area (Å²) in [7, 11) is 0. The molecule has 2 fully saturated rings. The van der Waals surface area contributed by atoms with Crippen LogP contribution in [0.4, 0.5) is 0 Å². The number of amides is 1. The van der Waals surface area contributed by atoms with E-state index in [1.807, 2.05) is 0 Å². The zero-order valence-corrected chi connectivity index (χ0v) is 11.8. The van der Waals surface area contributed by atoms with Crippen molar-refractivity contribution in [3.63, 3.8) is 0 Å². The van der Waals surface area contributed by atoms with Gasteiger partial charge >= 0.3 is 0 Å². The van der Waals surface area contributed by atoms with Gasteiger partial charge in [0, 0.05) is 19.5 Å². The predicted molar refractivity (Wildman–Crippen MR) is 74.4 cm³/mol. The van der Waals surface area contributed by atoms with E-state index in [-0.39, 0.29) is 11.3 Å². The van der Waals surface area contributed by atoms with Crippen LogP contribution in [-0.2, 0) is 4.79 Å². The van der Waals surface area contributed by atoms with Crippen LogP contribution >= 0.6 is 0 Å². The van der Waals surface area contributed by atoms with Gasteiger partial charge in [0.1, 0.15) is 0 Å². The van der Waals surface area contributed by atoms with E-state index in [0.29, 0.717) is 0 Å². The molecule has 1 heterocycles. The van der Waals surface area contributed by atoms with Crippen LogP contribution in [0.3, 0.4) is 0 Å². The van der Waals surface area contributed by atoms with Gasteiger partial charge in [-0.2, -0.15) is 0 Å². The minimum absolute atomic E-state index is 0.258. The Kier molecular flexibility index (Phi) is 5.04. The molecule has 0 aromatic heterocycles. The zero-order valence-electron chi connectivity index (χ0n) is 11.8. The fraction of sp³-hybridized carbons (Fsp3) is 0.933. The van der Waals surface area contributed by atoms with E-state index < -0.39 is 0 Å². The SMILES string of the molecule is CC1(CNC(=O)CCC2CCCCC2)CCNC1. The van der Waals surface area contributed by atoms with E-state index in [1.165, 1.54) is 38.5 Å². The minimum Gasteiger partial charge on any atom is -0.356 e. The third kappa shape index (κ3) is 4.27. The molecule has 0 radical (unpaired) electrons. The average Bonchev–Trinajstić information content (AvgIpc) is 2.83. The number of hydrogen-bond donors (Lipinski definition) is 2. The molecule has 2 rings (SSSR count). The van der Waals surface area contributed by atoms with Gasteiger partial charge in [0.15, 0.2) is 0 Å². The summed E-state index contributed by atoms with van der Waals surface area (Å²) >= 11 is 0. The third-order valence-electron chi connectivity index (χ3n) is 4.67. The van der Waals surface area contributed by atoms with Crippen molar-refractivity contribution in [2.75, 3.05) is 19.6 Å². The largest absolute Gasteiger partial charge is 0.356 e. The van der Waals surface area contributed by atoms with E-state index in [9.17, 15) is 4.79 Å². The Hall–Kier alpha value is -0.570. The van der Waals surface area contributed by atoms with Crippen molar-refractivity contribution in [3.8, 4) is 0 Å². The summed E-state index contributed by atoms with van der Waals surface area (Å²) in [4.78, 5) is 11.9. The molecule has 0 aromatic rings. The van der Waals surface area contributed by atoms with Gasteiger partial charge in [-0.05, 0) is 30.7 Å². The second-order valence-corrected chi connectivity index (χ2v) is 6.56. The van der Waals surface area contributed by atoms with E-state index in [0.717, 1.165) is 38.4 Å². The molecule has 3 heteroatoms. The van der Waals surface area contributed by atoms with Crippen molar-refractivity contribution in [1.82, 2.24) is 10.6 Å². The average molecular weight is 252 g/mol. The molecule has 1 amide bonds. The lowest BCUT2D eigenvalue weighted by molar-refractivity contribution is -0.121. The molecule has 1 aliphatic heterocycles. The molecule has 2 N–H and O–H groups in total. The third-order valence-corrected chi connectivity index (χ3v) is 4.67. The van der Waals surface area contributed by atoms with Crippen LogP contribution in [-0.4, -0.2) is 25.5 Å². The number of hydrogen-bond acceptors (Lipinski definition) is 2. The van der Waals surface area contributed by atoms with Crippen molar-refractivity contribution in [1.29, 1.82) is 0 Å². The van der Waals surface area contributed by atoms with Crippen molar-refractivity contribution >= 4 is 5.91 Å². The van der Waals surface area contributed by atoms with Crippen LogP contribution in [0, 0.1) is 11.3 Å². The van der Waals surface area contributed by atoms with Crippen LogP contribution in [0.15, 0.2) is 0 Å². The molecule has 0 aromatic carbocycles. The number of carbonyl (C=O) groups excluding carboxylic acids is 1. The Morgan fingerprint density at radius 3 is 2.78 bits per heavy atom. The van der Waals surface area contributed by atoms with Crippen molar-refractivity contribution < 1.29 is 4.79 Å². The minimum atomic E-state index is 0.258. The van der Waals surface area contributed by atoms with Gasteiger partial charge in [0.25, 0.3) is 0 Å². The van der Waals surface area contributed by atoms with Crippen LogP contribution in [0.1, 0.15) is 58.3 Å². The van der Waals surface area contributed by atoms with Crippen LogP contribution in [0.2, 0.25) is 0 Å². The highest BCUT2D eigenvalue weighted by molar-refractivity contribution is 5.75. The molecule has 1 aliphatic carbocycles. The van der Waals surface area contributed by atoms with E-state index >= 15 is 0 Å². The van der Waals surface area contributed by atoms with Gasteiger partial charge < -0.3 is 10.6 Å². The highest BCUT2D eigenvalue weighted by Crippen LogP contribution is 2.27.